The van der Waals surface area contributed by atoms with E-state index in [2.05, 4.69) is 10.3 Å². The summed E-state index contributed by atoms with van der Waals surface area (Å²) >= 11 is 6.83. The van der Waals surface area contributed by atoms with Crippen molar-refractivity contribution in [2.45, 2.75) is 13.5 Å². The van der Waals surface area contributed by atoms with Crippen molar-refractivity contribution in [3.05, 3.63) is 41.0 Å². The lowest BCUT2D eigenvalue weighted by Crippen LogP contribution is -2.15. The van der Waals surface area contributed by atoms with Gasteiger partial charge in [0.15, 0.2) is 0 Å². The molecular weight excluding hydrogens is 256 g/mol. The highest BCUT2D eigenvalue weighted by molar-refractivity contribution is 7.13. The molecule has 88 valence electrons. The van der Waals surface area contributed by atoms with E-state index in [0.29, 0.717) is 6.54 Å². The summed E-state index contributed by atoms with van der Waals surface area (Å²) in [7, 11) is 0. The zero-order valence-electron chi connectivity index (χ0n) is 9.24. The minimum absolute atomic E-state index is 0.449. The van der Waals surface area contributed by atoms with Gasteiger partial charge < -0.3 is 5.32 Å². The molecule has 1 aromatic heterocycles. The molecule has 1 amide bonds. The Kier molecular flexibility index (Phi) is 3.76. The first kappa shape index (κ1) is 12.1. The summed E-state index contributed by atoms with van der Waals surface area (Å²) in [5.74, 6) is 0. The molecule has 1 N–H and O–H groups in total. The van der Waals surface area contributed by atoms with Crippen LogP contribution in [-0.4, -0.2) is 10.4 Å². The number of nitrogens with zero attached hydrogens (tertiary/aromatic N) is 1. The average molecular weight is 267 g/mol. The molecule has 0 fully saturated rings. The van der Waals surface area contributed by atoms with Crippen molar-refractivity contribution in [3.8, 4) is 10.4 Å². The number of rotatable bonds is 3. The number of carbonyl (C=O) groups is 1. The van der Waals surface area contributed by atoms with Crippen molar-refractivity contribution in [2.75, 3.05) is 0 Å². The van der Waals surface area contributed by atoms with Crippen molar-refractivity contribution >= 4 is 28.3 Å². The topological polar surface area (TPSA) is 42.0 Å². The van der Waals surface area contributed by atoms with Crippen LogP contribution in [0.4, 0.5) is 4.79 Å². The Hall–Kier alpha value is -1.39. The van der Waals surface area contributed by atoms with E-state index in [1.165, 1.54) is 4.88 Å². The summed E-state index contributed by atoms with van der Waals surface area (Å²) in [5.41, 5.74) is 5.04. The monoisotopic (exact) mass is 266 g/mol. The number of hydrogen-bond acceptors (Lipinski definition) is 3. The number of aromatic nitrogens is 1. The minimum Gasteiger partial charge on any atom is -0.339 e. The lowest BCUT2D eigenvalue weighted by Gasteiger charge is -2.03. The van der Waals surface area contributed by atoms with Crippen LogP contribution in [0.2, 0.25) is 0 Å². The Labute approximate surface area is 108 Å². The van der Waals surface area contributed by atoms with Gasteiger partial charge in [0, 0.05) is 6.54 Å². The van der Waals surface area contributed by atoms with E-state index in [9.17, 15) is 4.79 Å². The molecule has 0 aliphatic heterocycles. The molecule has 1 aromatic carbocycles. The van der Waals surface area contributed by atoms with Crippen LogP contribution in [0.3, 0.4) is 0 Å². The second-order valence-corrected chi connectivity index (χ2v) is 4.79. The largest absolute Gasteiger partial charge is 0.339 e. The van der Waals surface area contributed by atoms with Gasteiger partial charge in [0.2, 0.25) is 0 Å². The number of halogens is 1. The Morgan fingerprint density at radius 3 is 2.65 bits per heavy atom. The van der Waals surface area contributed by atoms with Crippen LogP contribution in [0.25, 0.3) is 10.4 Å². The first-order valence-electron chi connectivity index (χ1n) is 5.09. The number of benzene rings is 1. The third-order valence-electron chi connectivity index (χ3n) is 2.39. The standard InChI is InChI=1S/C12H11ClN2OS/c1-8-11(17-7-15-8)10-4-2-9(3-5-10)6-14-12(13)16/h2-5,7H,6H2,1H3,(H,14,16). The molecule has 0 aliphatic carbocycles. The van der Waals surface area contributed by atoms with Crippen LogP contribution < -0.4 is 5.32 Å². The van der Waals surface area contributed by atoms with Crippen LogP contribution in [0.15, 0.2) is 29.8 Å². The van der Waals surface area contributed by atoms with E-state index in [4.69, 9.17) is 11.6 Å². The van der Waals surface area contributed by atoms with Gasteiger partial charge in [0.1, 0.15) is 0 Å². The fourth-order valence-electron chi connectivity index (χ4n) is 1.52. The number of thiazole rings is 1. The van der Waals surface area contributed by atoms with Crippen molar-refractivity contribution in [1.29, 1.82) is 0 Å². The maximum Gasteiger partial charge on any atom is 0.314 e. The van der Waals surface area contributed by atoms with Crippen molar-refractivity contribution in [3.63, 3.8) is 0 Å². The van der Waals surface area contributed by atoms with Gasteiger partial charge >= 0.3 is 5.37 Å². The summed E-state index contributed by atoms with van der Waals surface area (Å²) in [6, 6.07) is 8.00. The molecule has 0 radical (unpaired) electrons. The second kappa shape index (κ2) is 5.29. The molecule has 1 heterocycles. The summed E-state index contributed by atoms with van der Waals surface area (Å²) in [5, 5.41) is 2.01. The van der Waals surface area contributed by atoms with E-state index >= 15 is 0 Å². The first-order valence-corrected chi connectivity index (χ1v) is 6.35. The maximum atomic E-state index is 10.6. The van der Waals surface area contributed by atoms with E-state index in [1.807, 2.05) is 36.7 Å². The molecule has 0 saturated carbocycles. The summed E-state index contributed by atoms with van der Waals surface area (Å²) in [6.07, 6.45) is 0. The first-order chi connectivity index (χ1) is 8.16. The SMILES string of the molecule is Cc1ncsc1-c1ccc(CNC(=O)Cl)cc1. The third-order valence-corrected chi connectivity index (χ3v) is 3.50. The quantitative estimate of drug-likeness (QED) is 0.682. The number of aryl methyl sites for hydroxylation is 1. The van der Waals surface area contributed by atoms with Gasteiger partial charge in [-0.15, -0.1) is 11.3 Å². The smallest absolute Gasteiger partial charge is 0.314 e. The third kappa shape index (κ3) is 3.05. The zero-order valence-corrected chi connectivity index (χ0v) is 10.8. The molecule has 2 aromatic rings. The maximum absolute atomic E-state index is 10.6. The van der Waals surface area contributed by atoms with Crippen LogP contribution >= 0.6 is 22.9 Å². The number of amides is 1. The number of carbonyl (C=O) groups excluding carboxylic acids is 1. The van der Waals surface area contributed by atoms with Gasteiger partial charge in [0.05, 0.1) is 16.1 Å². The number of nitrogens with one attached hydrogen (secondary N) is 1. The van der Waals surface area contributed by atoms with E-state index < -0.39 is 5.37 Å². The zero-order chi connectivity index (χ0) is 12.3. The fourth-order valence-corrected chi connectivity index (χ4v) is 2.40. The second-order valence-electron chi connectivity index (χ2n) is 3.59. The predicted octanol–water partition coefficient (Wildman–Crippen LogP) is 3.57. The van der Waals surface area contributed by atoms with E-state index in [-0.39, 0.29) is 0 Å². The van der Waals surface area contributed by atoms with Gasteiger partial charge in [0.25, 0.3) is 0 Å². The Balaban J connectivity index is 2.13. The molecule has 2 rings (SSSR count). The summed E-state index contributed by atoms with van der Waals surface area (Å²) in [4.78, 5) is 16.0. The lowest BCUT2D eigenvalue weighted by molar-refractivity contribution is 0.259. The van der Waals surface area contributed by atoms with Gasteiger partial charge in [-0.05, 0) is 29.7 Å². The van der Waals surface area contributed by atoms with Crippen LogP contribution in [0.5, 0.6) is 0 Å². The molecule has 17 heavy (non-hydrogen) atoms. The van der Waals surface area contributed by atoms with Gasteiger partial charge in [-0.3, -0.25) is 4.79 Å². The Morgan fingerprint density at radius 2 is 2.12 bits per heavy atom. The highest BCUT2D eigenvalue weighted by Crippen LogP contribution is 2.27. The van der Waals surface area contributed by atoms with E-state index in [0.717, 1.165) is 16.8 Å². The lowest BCUT2D eigenvalue weighted by atomic mass is 10.1. The number of hydrogen-bond donors (Lipinski definition) is 1. The molecular formula is C12H11ClN2OS. The van der Waals surface area contributed by atoms with Crippen molar-refractivity contribution in [2.24, 2.45) is 0 Å². The van der Waals surface area contributed by atoms with Crippen LogP contribution in [0, 0.1) is 6.92 Å². The highest BCUT2D eigenvalue weighted by atomic mass is 35.5. The predicted molar refractivity (Wildman–Crippen MR) is 70.4 cm³/mol. The summed E-state index contributed by atoms with van der Waals surface area (Å²) < 4.78 is 0. The van der Waals surface area contributed by atoms with Gasteiger partial charge in [-0.25, -0.2) is 4.98 Å². The molecule has 0 unspecified atom stereocenters. The normalized spacial score (nSPS) is 10.2. The molecule has 3 nitrogen and oxygen atoms in total. The average Bonchev–Trinajstić information content (AvgIpc) is 2.73. The molecule has 0 spiro atoms. The molecule has 0 saturated heterocycles. The van der Waals surface area contributed by atoms with Crippen molar-refractivity contribution < 1.29 is 4.79 Å². The Morgan fingerprint density at radius 1 is 1.41 bits per heavy atom. The van der Waals surface area contributed by atoms with Crippen LogP contribution in [0.1, 0.15) is 11.3 Å². The molecule has 0 atom stereocenters. The fraction of sp³-hybridized carbons (Fsp3) is 0.167. The molecule has 0 aliphatic rings. The van der Waals surface area contributed by atoms with Gasteiger partial charge in [-0.1, -0.05) is 24.3 Å². The highest BCUT2D eigenvalue weighted by Gasteiger charge is 2.04. The summed E-state index contributed by atoms with van der Waals surface area (Å²) in [6.45, 7) is 2.44. The van der Waals surface area contributed by atoms with E-state index in [1.54, 1.807) is 11.3 Å². The van der Waals surface area contributed by atoms with Crippen LogP contribution in [-0.2, 0) is 6.54 Å². The molecule has 5 heteroatoms. The van der Waals surface area contributed by atoms with Crippen molar-refractivity contribution in [1.82, 2.24) is 10.3 Å². The Bertz CT molecular complexity index is 522. The van der Waals surface area contributed by atoms with Gasteiger partial charge in [-0.2, -0.15) is 0 Å². The molecule has 0 bridgehead atoms. The minimum atomic E-state index is -0.535.